The van der Waals surface area contributed by atoms with Crippen LogP contribution in [0.25, 0.3) is 0 Å². The van der Waals surface area contributed by atoms with E-state index in [0.717, 1.165) is 55.0 Å². The normalized spacial score (nSPS) is 16.6. The highest BCUT2D eigenvalue weighted by molar-refractivity contribution is 7.16. The number of morpholine rings is 1. The number of benzene rings is 1. The van der Waals surface area contributed by atoms with Crippen LogP contribution in [-0.4, -0.2) is 51.8 Å². The first-order valence-electron chi connectivity index (χ1n) is 8.61. The number of hydrogen-bond donors (Lipinski definition) is 0. The number of rotatable bonds is 7. The molecule has 1 aromatic heterocycles. The van der Waals surface area contributed by atoms with Crippen molar-refractivity contribution in [1.29, 1.82) is 0 Å². The van der Waals surface area contributed by atoms with E-state index in [9.17, 15) is 0 Å². The number of halogens is 1. The van der Waals surface area contributed by atoms with Crippen LogP contribution in [-0.2, 0) is 4.74 Å². The highest BCUT2D eigenvalue weighted by atomic mass is 35.5. The van der Waals surface area contributed by atoms with E-state index in [1.807, 2.05) is 32.3 Å². The molecule has 136 valence electrons. The van der Waals surface area contributed by atoms with Crippen LogP contribution in [0.15, 0.2) is 36.4 Å². The molecule has 0 aliphatic carbocycles. The minimum Gasteiger partial charge on any atom is -0.485 e. The van der Waals surface area contributed by atoms with Crippen molar-refractivity contribution in [2.45, 2.75) is 12.5 Å². The molecule has 6 heteroatoms. The largest absolute Gasteiger partial charge is 0.485 e. The first-order chi connectivity index (χ1) is 12.1. The zero-order valence-electron chi connectivity index (χ0n) is 14.8. The molecule has 1 aliphatic heterocycles. The molecule has 0 N–H and O–H groups in total. The number of ether oxygens (including phenoxy) is 2. The van der Waals surface area contributed by atoms with Gasteiger partial charge in [0.2, 0.25) is 0 Å². The molecule has 2 heterocycles. The quantitative estimate of drug-likeness (QED) is 0.714. The molecule has 0 amide bonds. The SMILES string of the molecule is CN(C)c1cccc(OC(CCN2CCOCC2)c2ccc(Cl)s2)c1. The van der Waals surface area contributed by atoms with Crippen LogP contribution in [0, 0.1) is 0 Å². The molecule has 1 aromatic carbocycles. The van der Waals surface area contributed by atoms with Crippen LogP contribution in [0.4, 0.5) is 5.69 Å². The van der Waals surface area contributed by atoms with Gasteiger partial charge in [0.1, 0.15) is 11.9 Å². The predicted molar refractivity (Wildman–Crippen MR) is 105 cm³/mol. The van der Waals surface area contributed by atoms with Crippen LogP contribution in [0.3, 0.4) is 0 Å². The van der Waals surface area contributed by atoms with Crippen molar-refractivity contribution in [3.8, 4) is 5.75 Å². The van der Waals surface area contributed by atoms with Crippen LogP contribution < -0.4 is 9.64 Å². The molecular weight excluding hydrogens is 356 g/mol. The monoisotopic (exact) mass is 380 g/mol. The van der Waals surface area contributed by atoms with Crippen LogP contribution >= 0.6 is 22.9 Å². The third-order valence-corrected chi connectivity index (χ3v) is 5.66. The summed E-state index contributed by atoms with van der Waals surface area (Å²) in [5, 5.41) is 0. The topological polar surface area (TPSA) is 24.9 Å². The van der Waals surface area contributed by atoms with Gasteiger partial charge in [-0.2, -0.15) is 0 Å². The smallest absolute Gasteiger partial charge is 0.134 e. The fourth-order valence-electron chi connectivity index (χ4n) is 2.88. The summed E-state index contributed by atoms with van der Waals surface area (Å²) in [5.41, 5.74) is 1.13. The third-order valence-electron chi connectivity index (χ3n) is 4.33. The van der Waals surface area contributed by atoms with Crippen molar-refractivity contribution in [1.82, 2.24) is 4.90 Å². The molecule has 3 rings (SSSR count). The van der Waals surface area contributed by atoms with E-state index in [2.05, 4.69) is 28.0 Å². The molecule has 4 nitrogen and oxygen atoms in total. The fraction of sp³-hybridized carbons (Fsp3) is 0.474. The van der Waals surface area contributed by atoms with Gasteiger partial charge in [0.05, 0.1) is 17.6 Å². The summed E-state index contributed by atoms with van der Waals surface area (Å²) in [5.74, 6) is 0.891. The Balaban J connectivity index is 1.70. The van der Waals surface area contributed by atoms with Crippen LogP contribution in [0.5, 0.6) is 5.75 Å². The average Bonchev–Trinajstić information content (AvgIpc) is 3.06. The summed E-state index contributed by atoms with van der Waals surface area (Å²) in [6.07, 6.45) is 0.945. The summed E-state index contributed by atoms with van der Waals surface area (Å²) >= 11 is 7.75. The minimum atomic E-state index is 0.0118. The Morgan fingerprint density at radius 2 is 2.04 bits per heavy atom. The zero-order valence-corrected chi connectivity index (χ0v) is 16.4. The maximum absolute atomic E-state index is 6.36. The Kier molecular flexibility index (Phi) is 6.59. The molecule has 0 radical (unpaired) electrons. The van der Waals surface area contributed by atoms with Gasteiger partial charge in [-0.25, -0.2) is 0 Å². The molecule has 1 unspecified atom stereocenters. The molecule has 2 aromatic rings. The van der Waals surface area contributed by atoms with Crippen molar-refractivity contribution in [3.63, 3.8) is 0 Å². The lowest BCUT2D eigenvalue weighted by atomic mass is 10.2. The number of anilines is 1. The van der Waals surface area contributed by atoms with Crippen molar-refractivity contribution in [3.05, 3.63) is 45.6 Å². The second-order valence-corrected chi connectivity index (χ2v) is 8.13. The van der Waals surface area contributed by atoms with Gasteiger partial charge in [0, 0.05) is 56.8 Å². The van der Waals surface area contributed by atoms with E-state index in [-0.39, 0.29) is 6.10 Å². The summed E-state index contributed by atoms with van der Waals surface area (Å²) in [6, 6.07) is 12.2. The highest BCUT2D eigenvalue weighted by Gasteiger charge is 2.19. The molecule has 0 saturated carbocycles. The van der Waals surface area contributed by atoms with Crippen molar-refractivity contribution in [2.24, 2.45) is 0 Å². The van der Waals surface area contributed by atoms with E-state index >= 15 is 0 Å². The standard InChI is InChI=1S/C19H25ClN2O2S/c1-21(2)15-4-3-5-16(14-15)24-17(18-6-7-19(20)25-18)8-9-22-10-12-23-13-11-22/h3-7,14,17H,8-13H2,1-2H3. The third kappa shape index (κ3) is 5.35. The van der Waals surface area contributed by atoms with E-state index in [1.165, 1.54) is 4.88 Å². The maximum Gasteiger partial charge on any atom is 0.134 e. The lowest BCUT2D eigenvalue weighted by Gasteiger charge is -2.28. The first-order valence-corrected chi connectivity index (χ1v) is 9.80. The van der Waals surface area contributed by atoms with Gasteiger partial charge in [-0.1, -0.05) is 17.7 Å². The average molecular weight is 381 g/mol. The number of hydrogen-bond acceptors (Lipinski definition) is 5. The van der Waals surface area contributed by atoms with Gasteiger partial charge in [-0.3, -0.25) is 4.90 Å². The Labute approximate surface area is 158 Å². The number of thiophene rings is 1. The molecule has 1 saturated heterocycles. The van der Waals surface area contributed by atoms with Crippen molar-refractivity contribution in [2.75, 3.05) is 51.8 Å². The van der Waals surface area contributed by atoms with Gasteiger partial charge in [0.15, 0.2) is 0 Å². The predicted octanol–water partition coefficient (Wildman–Crippen LogP) is 4.31. The lowest BCUT2D eigenvalue weighted by molar-refractivity contribution is 0.0319. The van der Waals surface area contributed by atoms with Gasteiger partial charge in [-0.05, 0) is 24.3 Å². The van der Waals surface area contributed by atoms with Crippen LogP contribution in [0.1, 0.15) is 17.4 Å². The molecule has 1 fully saturated rings. The molecule has 1 atom stereocenters. The Hall–Kier alpha value is -1.27. The second kappa shape index (κ2) is 8.90. The summed E-state index contributed by atoms with van der Waals surface area (Å²) in [7, 11) is 4.07. The van der Waals surface area contributed by atoms with Gasteiger partial charge >= 0.3 is 0 Å². The molecule has 0 spiro atoms. The Bertz CT molecular complexity index is 671. The Morgan fingerprint density at radius 3 is 2.72 bits per heavy atom. The van der Waals surface area contributed by atoms with Crippen LogP contribution in [0.2, 0.25) is 4.34 Å². The van der Waals surface area contributed by atoms with Crippen molar-refractivity contribution < 1.29 is 9.47 Å². The van der Waals surface area contributed by atoms with Gasteiger partial charge < -0.3 is 14.4 Å². The lowest BCUT2D eigenvalue weighted by Crippen LogP contribution is -2.37. The Morgan fingerprint density at radius 1 is 1.24 bits per heavy atom. The summed E-state index contributed by atoms with van der Waals surface area (Å²) < 4.78 is 12.6. The highest BCUT2D eigenvalue weighted by Crippen LogP contribution is 2.33. The summed E-state index contributed by atoms with van der Waals surface area (Å²) in [6.45, 7) is 4.63. The summed E-state index contributed by atoms with van der Waals surface area (Å²) in [4.78, 5) is 5.69. The van der Waals surface area contributed by atoms with E-state index in [1.54, 1.807) is 11.3 Å². The second-order valence-electron chi connectivity index (χ2n) is 6.38. The van der Waals surface area contributed by atoms with Crippen molar-refractivity contribution >= 4 is 28.6 Å². The van der Waals surface area contributed by atoms with E-state index in [0.29, 0.717) is 0 Å². The zero-order chi connectivity index (χ0) is 17.6. The van der Waals surface area contributed by atoms with E-state index in [4.69, 9.17) is 21.1 Å². The number of nitrogens with zero attached hydrogens (tertiary/aromatic N) is 2. The molecule has 1 aliphatic rings. The maximum atomic E-state index is 6.36. The van der Waals surface area contributed by atoms with Gasteiger partial charge in [-0.15, -0.1) is 11.3 Å². The van der Waals surface area contributed by atoms with E-state index < -0.39 is 0 Å². The molecule has 0 bridgehead atoms. The minimum absolute atomic E-state index is 0.0118. The molecular formula is C19H25ClN2O2S. The molecule has 25 heavy (non-hydrogen) atoms. The van der Waals surface area contributed by atoms with Gasteiger partial charge in [0.25, 0.3) is 0 Å². The first kappa shape index (κ1) is 18.5. The fourth-order valence-corrected chi connectivity index (χ4v) is 4.01.